The Labute approximate surface area is 85.8 Å². The monoisotopic (exact) mass is 219 g/mol. The van der Waals surface area contributed by atoms with Gasteiger partial charge in [-0.3, -0.25) is 4.79 Å². The molecule has 5 heteroatoms. The topological polar surface area (TPSA) is 29.1 Å². The van der Waals surface area contributed by atoms with Gasteiger partial charge in [0.15, 0.2) is 0 Å². The molecule has 1 N–H and O–H groups in total. The number of amides is 1. The maximum Gasteiger partial charge on any atom is 0.471 e. The van der Waals surface area contributed by atoms with Gasteiger partial charge in [0.05, 0.1) is 0 Å². The number of hydrogen-bond acceptors (Lipinski definition) is 1. The van der Waals surface area contributed by atoms with Crippen LogP contribution in [0.3, 0.4) is 0 Å². The first-order chi connectivity index (χ1) is 6.83. The minimum Gasteiger partial charge on any atom is -0.347 e. The first-order valence-corrected chi connectivity index (χ1v) is 4.53. The first kappa shape index (κ1) is 11.8. The van der Waals surface area contributed by atoms with E-state index in [1.54, 1.807) is 19.1 Å². The zero-order chi connectivity index (χ0) is 11.5. The summed E-state index contributed by atoms with van der Waals surface area (Å²) in [6.07, 6.45) is 3.08. The Balaban J connectivity index is 2.47. The first-order valence-electron chi connectivity index (χ1n) is 4.53. The van der Waals surface area contributed by atoms with Gasteiger partial charge < -0.3 is 5.32 Å². The van der Waals surface area contributed by atoms with Crippen molar-refractivity contribution in [2.45, 2.75) is 19.5 Å². The highest BCUT2D eigenvalue weighted by Gasteiger charge is 2.39. The van der Waals surface area contributed by atoms with Crippen molar-refractivity contribution in [3.05, 3.63) is 24.3 Å². The van der Waals surface area contributed by atoms with Gasteiger partial charge in [0.25, 0.3) is 0 Å². The highest BCUT2D eigenvalue weighted by Crippen LogP contribution is 2.26. The van der Waals surface area contributed by atoms with Crippen LogP contribution in [0.15, 0.2) is 24.3 Å². The van der Waals surface area contributed by atoms with Gasteiger partial charge in [-0.15, -0.1) is 0 Å². The molecule has 0 heterocycles. The molecule has 0 saturated heterocycles. The summed E-state index contributed by atoms with van der Waals surface area (Å²) < 4.78 is 35.7. The summed E-state index contributed by atoms with van der Waals surface area (Å²) in [5.41, 5.74) is -0.421. The number of nitrogens with one attached hydrogen (secondary N) is 1. The summed E-state index contributed by atoms with van der Waals surface area (Å²) in [5.74, 6) is -1.88. The van der Waals surface area contributed by atoms with Crippen LogP contribution < -0.4 is 5.32 Å². The van der Waals surface area contributed by atoms with Gasteiger partial charge in [-0.2, -0.15) is 13.2 Å². The van der Waals surface area contributed by atoms with Crippen LogP contribution in [0.4, 0.5) is 13.2 Å². The number of hydrogen-bond donors (Lipinski definition) is 1. The van der Waals surface area contributed by atoms with Crippen LogP contribution in [0.25, 0.3) is 0 Å². The van der Waals surface area contributed by atoms with Crippen LogP contribution in [-0.4, -0.2) is 18.6 Å². The van der Waals surface area contributed by atoms with Crippen LogP contribution in [0.1, 0.15) is 13.3 Å². The lowest BCUT2D eigenvalue weighted by Gasteiger charge is -2.26. The largest absolute Gasteiger partial charge is 0.471 e. The number of allylic oxidation sites excluding steroid dienone is 3. The van der Waals surface area contributed by atoms with Crippen molar-refractivity contribution in [2.24, 2.45) is 5.41 Å². The Hall–Kier alpha value is -1.26. The number of halogens is 3. The molecular weight excluding hydrogens is 207 g/mol. The van der Waals surface area contributed by atoms with Crippen LogP contribution >= 0.6 is 0 Å². The maximum absolute atomic E-state index is 11.9. The number of alkyl halides is 3. The Bertz CT molecular complexity index is 306. The molecule has 1 aliphatic carbocycles. The van der Waals surface area contributed by atoms with Gasteiger partial charge >= 0.3 is 12.1 Å². The van der Waals surface area contributed by atoms with E-state index >= 15 is 0 Å². The summed E-state index contributed by atoms with van der Waals surface area (Å²) in [7, 11) is 0. The molecule has 0 aromatic rings. The normalized spacial score (nSPS) is 25.3. The lowest BCUT2D eigenvalue weighted by molar-refractivity contribution is -0.173. The summed E-state index contributed by atoms with van der Waals surface area (Å²) in [4.78, 5) is 10.6. The molecule has 1 atom stereocenters. The van der Waals surface area contributed by atoms with Crippen molar-refractivity contribution >= 4 is 5.91 Å². The second-order valence-electron chi connectivity index (χ2n) is 3.83. The molecule has 0 fully saturated rings. The second-order valence-corrected chi connectivity index (χ2v) is 3.83. The average molecular weight is 219 g/mol. The molecule has 1 rings (SSSR count). The van der Waals surface area contributed by atoms with Gasteiger partial charge in [0.2, 0.25) is 0 Å². The van der Waals surface area contributed by atoms with Crippen LogP contribution in [0.5, 0.6) is 0 Å². The summed E-state index contributed by atoms with van der Waals surface area (Å²) in [5, 5.41) is 1.88. The minimum atomic E-state index is -4.80. The molecule has 0 spiro atoms. The Morgan fingerprint density at radius 1 is 1.47 bits per heavy atom. The van der Waals surface area contributed by atoms with E-state index in [9.17, 15) is 18.0 Å². The van der Waals surface area contributed by atoms with Crippen molar-refractivity contribution in [3.63, 3.8) is 0 Å². The third kappa shape index (κ3) is 3.42. The molecule has 0 aromatic heterocycles. The second kappa shape index (κ2) is 4.08. The average Bonchev–Trinajstić information content (AvgIpc) is 2.14. The molecule has 0 bridgehead atoms. The minimum absolute atomic E-state index is 0.00775. The van der Waals surface area contributed by atoms with E-state index in [0.717, 1.165) is 0 Å². The van der Waals surface area contributed by atoms with E-state index in [2.05, 4.69) is 0 Å². The smallest absolute Gasteiger partial charge is 0.347 e. The number of carbonyl (C=O) groups excluding carboxylic acids is 1. The van der Waals surface area contributed by atoms with Crippen LogP contribution in [-0.2, 0) is 4.79 Å². The van der Waals surface area contributed by atoms with Gasteiger partial charge in [-0.1, -0.05) is 31.2 Å². The molecule has 0 unspecified atom stereocenters. The molecule has 84 valence electrons. The van der Waals surface area contributed by atoms with E-state index in [0.29, 0.717) is 6.42 Å². The molecule has 2 nitrogen and oxygen atoms in total. The Morgan fingerprint density at radius 2 is 2.13 bits per heavy atom. The van der Waals surface area contributed by atoms with Crippen molar-refractivity contribution < 1.29 is 18.0 Å². The van der Waals surface area contributed by atoms with Gasteiger partial charge in [-0.25, -0.2) is 0 Å². The van der Waals surface area contributed by atoms with E-state index in [1.807, 2.05) is 17.5 Å². The molecule has 0 saturated carbocycles. The van der Waals surface area contributed by atoms with E-state index in [1.165, 1.54) is 0 Å². The summed E-state index contributed by atoms with van der Waals surface area (Å²) in [6, 6.07) is 0. The van der Waals surface area contributed by atoms with E-state index in [-0.39, 0.29) is 6.54 Å². The van der Waals surface area contributed by atoms with Crippen molar-refractivity contribution in [3.8, 4) is 0 Å². The fraction of sp³-hybridized carbons (Fsp3) is 0.500. The van der Waals surface area contributed by atoms with Gasteiger partial charge in [-0.05, 0) is 6.42 Å². The standard InChI is InChI=1S/C10H12F3NO/c1-9(5-3-2-4-6-9)7-14-8(15)10(11,12)13/h2-5H,6-7H2,1H3,(H,14,15)/t9-/m0/s1. The maximum atomic E-state index is 11.9. The third-order valence-corrected chi connectivity index (χ3v) is 2.24. The summed E-state index contributed by atoms with van der Waals surface area (Å²) >= 11 is 0. The zero-order valence-corrected chi connectivity index (χ0v) is 8.27. The highest BCUT2D eigenvalue weighted by molar-refractivity contribution is 5.81. The molecule has 0 radical (unpaired) electrons. The van der Waals surface area contributed by atoms with Gasteiger partial charge in [0.1, 0.15) is 0 Å². The fourth-order valence-electron chi connectivity index (χ4n) is 1.29. The number of carbonyl (C=O) groups is 1. The Kier molecular flexibility index (Phi) is 3.21. The van der Waals surface area contributed by atoms with E-state index < -0.39 is 17.5 Å². The predicted octanol–water partition coefficient (Wildman–Crippen LogP) is 2.19. The molecular formula is C10H12F3NO. The lowest BCUT2D eigenvalue weighted by atomic mass is 9.84. The predicted molar refractivity (Wildman–Crippen MR) is 50.1 cm³/mol. The SMILES string of the molecule is C[C@]1(CNC(=O)C(F)(F)F)C=CC=CC1. The molecule has 1 amide bonds. The van der Waals surface area contributed by atoms with Crippen molar-refractivity contribution in [2.75, 3.05) is 6.54 Å². The molecule has 0 aromatic carbocycles. The quantitative estimate of drug-likeness (QED) is 0.757. The highest BCUT2D eigenvalue weighted by atomic mass is 19.4. The lowest BCUT2D eigenvalue weighted by Crippen LogP contribution is -2.42. The Morgan fingerprint density at radius 3 is 2.60 bits per heavy atom. The zero-order valence-electron chi connectivity index (χ0n) is 8.27. The van der Waals surface area contributed by atoms with E-state index in [4.69, 9.17) is 0 Å². The van der Waals surface area contributed by atoms with Crippen LogP contribution in [0.2, 0.25) is 0 Å². The molecule has 0 aliphatic heterocycles. The summed E-state index contributed by atoms with van der Waals surface area (Å²) in [6.45, 7) is 1.79. The van der Waals surface area contributed by atoms with Crippen molar-refractivity contribution in [1.82, 2.24) is 5.32 Å². The molecule has 1 aliphatic rings. The van der Waals surface area contributed by atoms with Gasteiger partial charge in [0, 0.05) is 12.0 Å². The number of rotatable bonds is 2. The third-order valence-electron chi connectivity index (χ3n) is 2.24. The van der Waals surface area contributed by atoms with Crippen LogP contribution in [0, 0.1) is 5.41 Å². The fourth-order valence-corrected chi connectivity index (χ4v) is 1.29. The van der Waals surface area contributed by atoms with Crippen molar-refractivity contribution in [1.29, 1.82) is 0 Å². The molecule has 15 heavy (non-hydrogen) atoms.